The third kappa shape index (κ3) is 5.84. The highest BCUT2D eigenvalue weighted by Gasteiger charge is 2.36. The quantitative estimate of drug-likeness (QED) is 0.543. The van der Waals surface area contributed by atoms with Gasteiger partial charge in [0.25, 0.3) is 0 Å². The molecule has 0 N–H and O–H groups in total. The van der Waals surface area contributed by atoms with Gasteiger partial charge in [0.1, 0.15) is 5.56 Å². The molecule has 1 aromatic carbocycles. The lowest BCUT2D eigenvalue weighted by atomic mass is 10.1. The molecule has 2 rings (SSSR count). The Balaban J connectivity index is 2.38. The van der Waals surface area contributed by atoms with Gasteiger partial charge in [-0.1, -0.05) is 31.9 Å². The first kappa shape index (κ1) is 21.0. The molecular weight excluding hydrogens is 355 g/mol. The lowest BCUT2D eigenvalue weighted by Gasteiger charge is -2.23. The molecule has 0 aliphatic rings. The minimum Gasteiger partial charge on any atom is -0.461 e. The molecule has 4 nitrogen and oxygen atoms in total. The van der Waals surface area contributed by atoms with E-state index in [-0.39, 0.29) is 17.9 Å². The zero-order valence-corrected chi connectivity index (χ0v) is 16.2. The number of benzene rings is 1. The lowest BCUT2D eigenvalue weighted by Crippen LogP contribution is -2.20. The summed E-state index contributed by atoms with van der Waals surface area (Å²) < 4.78 is 45.7. The first-order valence-corrected chi connectivity index (χ1v) is 9.16. The third-order valence-corrected chi connectivity index (χ3v) is 4.08. The van der Waals surface area contributed by atoms with Crippen LogP contribution in [0.4, 0.5) is 24.7 Å². The number of hydrogen-bond donors (Lipinski definition) is 0. The van der Waals surface area contributed by atoms with E-state index < -0.39 is 11.7 Å². The number of aromatic nitrogens is 2. The van der Waals surface area contributed by atoms with Crippen LogP contribution in [0, 0.1) is 0 Å². The van der Waals surface area contributed by atoms with E-state index in [0.717, 1.165) is 37.4 Å². The average Bonchev–Trinajstić information content (AvgIpc) is 2.60. The van der Waals surface area contributed by atoms with Gasteiger partial charge in [-0.25, -0.2) is 4.98 Å². The van der Waals surface area contributed by atoms with E-state index in [1.807, 2.05) is 18.2 Å². The second kappa shape index (κ2) is 9.06. The molecule has 0 aliphatic carbocycles. The fraction of sp³-hybridized carbons (Fsp3) is 0.500. The van der Waals surface area contributed by atoms with Crippen LogP contribution in [0.25, 0.3) is 0 Å². The zero-order valence-electron chi connectivity index (χ0n) is 16.2. The SMILES string of the molecule is CCCCCc1cccc(N(C)c2nc(OC(C)C)ncc2C(F)(F)F)c1. The van der Waals surface area contributed by atoms with E-state index >= 15 is 0 Å². The summed E-state index contributed by atoms with van der Waals surface area (Å²) in [7, 11) is 1.57. The normalized spacial score (nSPS) is 11.7. The van der Waals surface area contributed by atoms with Crippen molar-refractivity contribution in [2.75, 3.05) is 11.9 Å². The second-order valence-electron chi connectivity index (χ2n) is 6.74. The highest BCUT2D eigenvalue weighted by molar-refractivity contribution is 5.63. The van der Waals surface area contributed by atoms with Crippen LogP contribution in [0.3, 0.4) is 0 Å². The van der Waals surface area contributed by atoms with E-state index in [9.17, 15) is 13.2 Å². The Bertz CT molecular complexity index is 747. The van der Waals surface area contributed by atoms with Gasteiger partial charge in [-0.2, -0.15) is 18.2 Å². The highest BCUT2D eigenvalue weighted by Crippen LogP contribution is 2.38. The van der Waals surface area contributed by atoms with Crippen molar-refractivity contribution in [3.05, 3.63) is 41.6 Å². The van der Waals surface area contributed by atoms with Crippen molar-refractivity contribution < 1.29 is 17.9 Å². The van der Waals surface area contributed by atoms with E-state index in [2.05, 4.69) is 16.9 Å². The monoisotopic (exact) mass is 381 g/mol. The lowest BCUT2D eigenvalue weighted by molar-refractivity contribution is -0.137. The molecule has 148 valence electrons. The Hall–Kier alpha value is -2.31. The second-order valence-corrected chi connectivity index (χ2v) is 6.74. The molecule has 0 saturated carbocycles. The summed E-state index contributed by atoms with van der Waals surface area (Å²) in [5.74, 6) is -0.223. The Morgan fingerprint density at radius 2 is 1.93 bits per heavy atom. The summed E-state index contributed by atoms with van der Waals surface area (Å²) in [6.07, 6.45) is 0.181. The van der Waals surface area contributed by atoms with Crippen molar-refractivity contribution in [3.63, 3.8) is 0 Å². The van der Waals surface area contributed by atoms with Crippen LogP contribution in [0.1, 0.15) is 51.2 Å². The molecule has 0 spiro atoms. The van der Waals surface area contributed by atoms with Gasteiger partial charge < -0.3 is 9.64 Å². The molecule has 0 fully saturated rings. The summed E-state index contributed by atoms with van der Waals surface area (Å²) in [6, 6.07) is 7.45. The molecule has 7 heteroatoms. The summed E-state index contributed by atoms with van der Waals surface area (Å²) in [5, 5.41) is 0. The van der Waals surface area contributed by atoms with Crippen molar-refractivity contribution in [1.29, 1.82) is 0 Å². The molecule has 0 unspecified atom stereocenters. The van der Waals surface area contributed by atoms with Crippen LogP contribution in [0.2, 0.25) is 0 Å². The maximum atomic E-state index is 13.5. The van der Waals surface area contributed by atoms with Gasteiger partial charge in [-0.15, -0.1) is 0 Å². The molecule has 1 heterocycles. The minimum absolute atomic E-state index is 0.0704. The van der Waals surface area contributed by atoms with Gasteiger partial charge in [0, 0.05) is 18.9 Å². The van der Waals surface area contributed by atoms with Crippen LogP contribution in [-0.2, 0) is 12.6 Å². The smallest absolute Gasteiger partial charge is 0.421 e. The number of hydrogen-bond acceptors (Lipinski definition) is 4. The Morgan fingerprint density at radius 3 is 2.56 bits per heavy atom. The van der Waals surface area contributed by atoms with E-state index in [1.165, 1.54) is 4.90 Å². The Labute approximate surface area is 158 Å². The number of unbranched alkanes of at least 4 members (excludes halogenated alkanes) is 2. The van der Waals surface area contributed by atoms with E-state index in [1.54, 1.807) is 27.0 Å². The zero-order chi connectivity index (χ0) is 20.0. The molecule has 27 heavy (non-hydrogen) atoms. The van der Waals surface area contributed by atoms with Gasteiger partial charge in [0.2, 0.25) is 0 Å². The van der Waals surface area contributed by atoms with Gasteiger partial charge in [-0.05, 0) is 44.4 Å². The van der Waals surface area contributed by atoms with Gasteiger partial charge in [0.15, 0.2) is 5.82 Å². The van der Waals surface area contributed by atoms with Gasteiger partial charge in [-0.3, -0.25) is 0 Å². The molecule has 0 saturated heterocycles. The minimum atomic E-state index is -4.56. The maximum Gasteiger partial charge on any atom is 0.421 e. The fourth-order valence-corrected chi connectivity index (χ4v) is 2.70. The largest absolute Gasteiger partial charge is 0.461 e. The molecule has 1 aromatic heterocycles. The summed E-state index contributed by atoms with van der Waals surface area (Å²) in [4.78, 5) is 9.17. The number of nitrogens with zero attached hydrogens (tertiary/aromatic N) is 3. The Kier molecular flexibility index (Phi) is 7.05. The van der Waals surface area contributed by atoms with Crippen molar-refractivity contribution in [2.24, 2.45) is 0 Å². The van der Waals surface area contributed by atoms with Crippen molar-refractivity contribution in [2.45, 2.75) is 58.7 Å². The summed E-state index contributed by atoms with van der Waals surface area (Å²) in [6.45, 7) is 5.67. The number of rotatable bonds is 8. The molecular formula is C20H26F3N3O. The van der Waals surface area contributed by atoms with Gasteiger partial charge in [0.05, 0.1) is 6.10 Å². The van der Waals surface area contributed by atoms with Crippen LogP contribution in [0.5, 0.6) is 6.01 Å². The van der Waals surface area contributed by atoms with Crippen LogP contribution >= 0.6 is 0 Å². The molecule has 0 bridgehead atoms. The standard InChI is InChI=1S/C20H26F3N3O/c1-5-6-7-9-15-10-8-11-16(12-15)26(4)18-17(20(21,22)23)13-24-19(25-18)27-14(2)3/h8,10-14H,5-7,9H2,1-4H3. The summed E-state index contributed by atoms with van der Waals surface area (Å²) >= 11 is 0. The Morgan fingerprint density at radius 1 is 1.19 bits per heavy atom. The first-order chi connectivity index (χ1) is 12.7. The van der Waals surface area contributed by atoms with Crippen LogP contribution in [-0.4, -0.2) is 23.1 Å². The first-order valence-electron chi connectivity index (χ1n) is 9.16. The van der Waals surface area contributed by atoms with E-state index in [0.29, 0.717) is 5.69 Å². The number of alkyl halides is 3. The molecule has 0 atom stereocenters. The predicted octanol–water partition coefficient (Wildman–Crippen LogP) is 5.78. The molecule has 0 radical (unpaired) electrons. The van der Waals surface area contributed by atoms with E-state index in [4.69, 9.17) is 4.74 Å². The highest BCUT2D eigenvalue weighted by atomic mass is 19.4. The van der Waals surface area contributed by atoms with Crippen molar-refractivity contribution in [3.8, 4) is 6.01 Å². The predicted molar refractivity (Wildman–Crippen MR) is 101 cm³/mol. The summed E-state index contributed by atoms with van der Waals surface area (Å²) in [5.41, 5.74) is 0.843. The van der Waals surface area contributed by atoms with Crippen LogP contribution < -0.4 is 9.64 Å². The number of halogens is 3. The average molecular weight is 381 g/mol. The van der Waals surface area contributed by atoms with Crippen molar-refractivity contribution in [1.82, 2.24) is 9.97 Å². The van der Waals surface area contributed by atoms with Crippen molar-refractivity contribution >= 4 is 11.5 Å². The number of ether oxygens (including phenoxy) is 1. The van der Waals surface area contributed by atoms with Gasteiger partial charge >= 0.3 is 12.2 Å². The fourth-order valence-electron chi connectivity index (χ4n) is 2.70. The molecule has 2 aromatic rings. The molecule has 0 amide bonds. The number of anilines is 2. The van der Waals surface area contributed by atoms with Crippen LogP contribution in [0.15, 0.2) is 30.5 Å². The molecule has 0 aliphatic heterocycles. The topological polar surface area (TPSA) is 38.2 Å². The maximum absolute atomic E-state index is 13.5. The number of aryl methyl sites for hydroxylation is 1. The third-order valence-electron chi connectivity index (χ3n) is 4.08.